The Morgan fingerprint density at radius 3 is 2.70 bits per heavy atom. The molecule has 0 amide bonds. The van der Waals surface area contributed by atoms with Gasteiger partial charge in [0, 0.05) is 19.2 Å². The number of hydrogen-bond acceptors (Lipinski definition) is 3. The number of nitrogens with zero attached hydrogens (tertiary/aromatic N) is 1. The van der Waals surface area contributed by atoms with E-state index in [1.165, 1.54) is 12.6 Å². The van der Waals surface area contributed by atoms with Crippen LogP contribution in [0.1, 0.15) is 39.5 Å². The number of carbonyl (C=O) groups excluding carboxylic acids is 1. The SMILES string of the molecule is CC(=O)O[C@H](C)CCCCN(c1ccccc1)C1C=CC=CC1. The van der Waals surface area contributed by atoms with Crippen LogP contribution in [0.4, 0.5) is 5.69 Å². The average molecular weight is 313 g/mol. The number of allylic oxidation sites excluding steroid dienone is 2. The van der Waals surface area contributed by atoms with E-state index in [1.807, 2.05) is 6.92 Å². The molecular weight excluding hydrogens is 286 g/mol. The largest absolute Gasteiger partial charge is 0.463 e. The second-order valence-electron chi connectivity index (χ2n) is 6.06. The molecule has 0 aliphatic heterocycles. The highest BCUT2D eigenvalue weighted by Crippen LogP contribution is 2.22. The Morgan fingerprint density at radius 1 is 1.26 bits per heavy atom. The highest BCUT2D eigenvalue weighted by atomic mass is 16.5. The van der Waals surface area contributed by atoms with Crippen molar-refractivity contribution in [3.05, 3.63) is 54.6 Å². The van der Waals surface area contributed by atoms with Gasteiger partial charge < -0.3 is 9.64 Å². The lowest BCUT2D eigenvalue weighted by atomic mass is 10.0. The molecular formula is C20H27NO2. The van der Waals surface area contributed by atoms with Crippen LogP contribution in [0.5, 0.6) is 0 Å². The monoisotopic (exact) mass is 313 g/mol. The zero-order valence-electron chi connectivity index (χ0n) is 14.2. The van der Waals surface area contributed by atoms with Crippen LogP contribution in [0.25, 0.3) is 0 Å². The molecule has 1 aliphatic carbocycles. The van der Waals surface area contributed by atoms with Gasteiger partial charge in [-0.15, -0.1) is 0 Å². The van der Waals surface area contributed by atoms with Crippen molar-refractivity contribution in [2.75, 3.05) is 11.4 Å². The summed E-state index contributed by atoms with van der Waals surface area (Å²) < 4.78 is 5.19. The number of benzene rings is 1. The first-order valence-corrected chi connectivity index (χ1v) is 8.49. The molecule has 0 radical (unpaired) electrons. The van der Waals surface area contributed by atoms with Gasteiger partial charge in [-0.1, -0.05) is 42.5 Å². The summed E-state index contributed by atoms with van der Waals surface area (Å²) in [4.78, 5) is 13.4. The van der Waals surface area contributed by atoms with Crippen LogP contribution in [0.2, 0.25) is 0 Å². The molecule has 0 saturated carbocycles. The van der Waals surface area contributed by atoms with Crippen LogP contribution in [-0.2, 0) is 9.53 Å². The van der Waals surface area contributed by atoms with Gasteiger partial charge in [0.2, 0.25) is 0 Å². The Morgan fingerprint density at radius 2 is 2.04 bits per heavy atom. The van der Waals surface area contributed by atoms with Crippen LogP contribution in [0.3, 0.4) is 0 Å². The molecule has 3 nitrogen and oxygen atoms in total. The summed E-state index contributed by atoms with van der Waals surface area (Å²) in [7, 11) is 0. The standard InChI is InChI=1S/C20H27NO2/c1-17(23-18(2)22)11-9-10-16-21(19-12-5-3-6-13-19)20-14-7-4-8-15-20/h3-8,12-14,17,20H,9-11,15-16H2,1-2H3/t17-,20?/m1/s1. The second-order valence-corrected chi connectivity index (χ2v) is 6.06. The van der Waals surface area contributed by atoms with E-state index in [0.29, 0.717) is 6.04 Å². The minimum atomic E-state index is -0.192. The van der Waals surface area contributed by atoms with E-state index >= 15 is 0 Å². The van der Waals surface area contributed by atoms with E-state index in [9.17, 15) is 4.79 Å². The van der Waals surface area contributed by atoms with Crippen LogP contribution < -0.4 is 4.90 Å². The van der Waals surface area contributed by atoms with Crippen LogP contribution in [-0.4, -0.2) is 24.7 Å². The maximum absolute atomic E-state index is 10.9. The zero-order valence-corrected chi connectivity index (χ0v) is 14.2. The van der Waals surface area contributed by atoms with E-state index in [0.717, 1.165) is 32.2 Å². The Hall–Kier alpha value is -2.03. The summed E-state index contributed by atoms with van der Waals surface area (Å²) in [5.41, 5.74) is 1.27. The van der Waals surface area contributed by atoms with Crippen LogP contribution in [0, 0.1) is 0 Å². The van der Waals surface area contributed by atoms with Gasteiger partial charge >= 0.3 is 5.97 Å². The Bertz CT molecular complexity index is 536. The number of anilines is 1. The maximum Gasteiger partial charge on any atom is 0.302 e. The molecule has 0 N–H and O–H groups in total. The van der Waals surface area contributed by atoms with Crippen molar-refractivity contribution in [1.82, 2.24) is 0 Å². The zero-order chi connectivity index (χ0) is 16.5. The fraction of sp³-hybridized carbons (Fsp3) is 0.450. The van der Waals surface area contributed by atoms with E-state index < -0.39 is 0 Å². The van der Waals surface area contributed by atoms with E-state index in [-0.39, 0.29) is 12.1 Å². The number of ether oxygens (including phenoxy) is 1. The van der Waals surface area contributed by atoms with E-state index in [2.05, 4.69) is 59.5 Å². The van der Waals surface area contributed by atoms with Crippen molar-refractivity contribution in [1.29, 1.82) is 0 Å². The summed E-state index contributed by atoms with van der Waals surface area (Å²) in [6.07, 6.45) is 12.9. The number of para-hydroxylation sites is 1. The minimum absolute atomic E-state index is 0.00943. The molecule has 2 atom stereocenters. The number of rotatable bonds is 8. The normalized spacial score (nSPS) is 17.7. The van der Waals surface area contributed by atoms with Gasteiger partial charge in [0.05, 0.1) is 12.1 Å². The molecule has 0 heterocycles. The Kier molecular flexibility index (Phi) is 6.92. The van der Waals surface area contributed by atoms with Gasteiger partial charge in [-0.05, 0) is 44.7 Å². The summed E-state index contributed by atoms with van der Waals surface area (Å²) in [6.45, 7) is 4.45. The van der Waals surface area contributed by atoms with E-state index in [4.69, 9.17) is 4.74 Å². The first kappa shape index (κ1) is 17.3. The third-order valence-corrected chi connectivity index (χ3v) is 4.07. The van der Waals surface area contributed by atoms with Gasteiger partial charge in [-0.25, -0.2) is 0 Å². The minimum Gasteiger partial charge on any atom is -0.463 e. The first-order chi connectivity index (χ1) is 11.2. The van der Waals surface area contributed by atoms with Gasteiger partial charge in [0.15, 0.2) is 0 Å². The predicted octanol–water partition coefficient (Wildman–Crippen LogP) is 4.50. The fourth-order valence-electron chi connectivity index (χ4n) is 2.96. The number of unbranched alkanes of at least 4 members (excludes halogenated alkanes) is 1. The molecule has 0 bridgehead atoms. The smallest absolute Gasteiger partial charge is 0.302 e. The molecule has 1 aliphatic rings. The molecule has 0 saturated heterocycles. The number of carbonyl (C=O) groups is 1. The van der Waals surface area contributed by atoms with Gasteiger partial charge in [-0.2, -0.15) is 0 Å². The molecule has 3 heteroatoms. The predicted molar refractivity (Wildman–Crippen MR) is 95.6 cm³/mol. The topological polar surface area (TPSA) is 29.5 Å². The second kappa shape index (κ2) is 9.19. The van der Waals surface area contributed by atoms with Gasteiger partial charge in [0.1, 0.15) is 0 Å². The molecule has 0 fully saturated rings. The third kappa shape index (κ3) is 5.93. The molecule has 2 rings (SSSR count). The summed E-state index contributed by atoms with van der Waals surface area (Å²) in [5, 5.41) is 0. The van der Waals surface area contributed by atoms with Crippen molar-refractivity contribution < 1.29 is 9.53 Å². The average Bonchev–Trinajstić information content (AvgIpc) is 2.56. The fourth-order valence-corrected chi connectivity index (χ4v) is 2.96. The summed E-state index contributed by atoms with van der Waals surface area (Å²) in [6, 6.07) is 11.0. The third-order valence-electron chi connectivity index (χ3n) is 4.07. The molecule has 1 aromatic rings. The van der Waals surface area contributed by atoms with Crippen molar-refractivity contribution in [3.63, 3.8) is 0 Å². The number of esters is 1. The van der Waals surface area contributed by atoms with Crippen molar-refractivity contribution in [2.45, 2.75) is 51.7 Å². The van der Waals surface area contributed by atoms with E-state index in [1.54, 1.807) is 0 Å². The van der Waals surface area contributed by atoms with Crippen molar-refractivity contribution >= 4 is 11.7 Å². The maximum atomic E-state index is 10.9. The van der Waals surface area contributed by atoms with Crippen LogP contribution in [0.15, 0.2) is 54.6 Å². The van der Waals surface area contributed by atoms with Crippen molar-refractivity contribution in [2.24, 2.45) is 0 Å². The molecule has 1 unspecified atom stereocenters. The highest BCUT2D eigenvalue weighted by Gasteiger charge is 2.16. The number of hydrogen-bond donors (Lipinski definition) is 0. The van der Waals surface area contributed by atoms with Gasteiger partial charge in [0.25, 0.3) is 0 Å². The lowest BCUT2D eigenvalue weighted by molar-refractivity contribution is -0.145. The molecule has 124 valence electrons. The Balaban J connectivity index is 1.87. The lowest BCUT2D eigenvalue weighted by Gasteiger charge is -2.32. The first-order valence-electron chi connectivity index (χ1n) is 8.49. The molecule has 0 aromatic heterocycles. The quantitative estimate of drug-likeness (QED) is 0.523. The van der Waals surface area contributed by atoms with Crippen molar-refractivity contribution in [3.8, 4) is 0 Å². The molecule has 23 heavy (non-hydrogen) atoms. The highest BCUT2D eigenvalue weighted by molar-refractivity contribution is 5.66. The van der Waals surface area contributed by atoms with Crippen LogP contribution >= 0.6 is 0 Å². The van der Waals surface area contributed by atoms with Gasteiger partial charge in [-0.3, -0.25) is 4.79 Å². The Labute approximate surface area is 139 Å². The lowest BCUT2D eigenvalue weighted by Crippen LogP contribution is -2.35. The molecule has 0 spiro atoms. The summed E-state index contributed by atoms with van der Waals surface area (Å²) >= 11 is 0. The summed E-state index contributed by atoms with van der Waals surface area (Å²) in [5.74, 6) is -0.192. The molecule has 1 aromatic carbocycles.